The molecule has 1 unspecified atom stereocenters. The highest BCUT2D eigenvalue weighted by Crippen LogP contribution is 2.37. The summed E-state index contributed by atoms with van der Waals surface area (Å²) in [5.74, 6) is 0.249. The lowest BCUT2D eigenvalue weighted by molar-refractivity contribution is -0.389. The fourth-order valence-electron chi connectivity index (χ4n) is 1.61. The Balaban J connectivity index is 0.00000112. The Bertz CT molecular complexity index is 355. The minimum atomic E-state index is -0.414. The molecule has 0 fully saturated rings. The van der Waals surface area contributed by atoms with Crippen LogP contribution in [0.15, 0.2) is 6.20 Å². The number of pyridine rings is 1. The molecular formula is C10H14ClNO3. The van der Waals surface area contributed by atoms with E-state index < -0.39 is 6.29 Å². The van der Waals surface area contributed by atoms with E-state index in [-0.39, 0.29) is 18.2 Å². The third kappa shape index (κ3) is 2.07. The number of H-pyrrole nitrogens is 1. The second kappa shape index (κ2) is 4.79. The van der Waals surface area contributed by atoms with Crippen molar-refractivity contribution in [3.05, 3.63) is 23.0 Å². The number of nitrogens with one attached hydrogen (secondary N) is 1. The van der Waals surface area contributed by atoms with Crippen LogP contribution >= 0.6 is 0 Å². The van der Waals surface area contributed by atoms with Gasteiger partial charge in [0.05, 0.1) is 17.7 Å². The van der Waals surface area contributed by atoms with Crippen LogP contribution in [0.3, 0.4) is 0 Å². The van der Waals surface area contributed by atoms with Gasteiger partial charge in [-0.2, -0.15) is 0 Å². The average Bonchev–Trinajstić information content (AvgIpc) is 2.57. The number of halogens is 1. The van der Waals surface area contributed by atoms with Crippen molar-refractivity contribution in [3.8, 4) is 5.75 Å². The maximum Gasteiger partial charge on any atom is 0.219 e. The highest BCUT2D eigenvalue weighted by molar-refractivity contribution is 5.40. The molecular weight excluding hydrogens is 218 g/mol. The highest BCUT2D eigenvalue weighted by Gasteiger charge is 2.30. The number of aryl methyl sites for hydroxylation is 1. The quantitative estimate of drug-likeness (QED) is 0.646. The van der Waals surface area contributed by atoms with Crippen molar-refractivity contribution < 1.29 is 32.0 Å². The third-order valence-corrected chi connectivity index (χ3v) is 2.36. The second-order valence-electron chi connectivity index (χ2n) is 3.30. The first-order chi connectivity index (χ1) is 6.74. The van der Waals surface area contributed by atoms with Crippen molar-refractivity contribution in [1.29, 1.82) is 0 Å². The molecule has 1 aliphatic rings. The van der Waals surface area contributed by atoms with Gasteiger partial charge in [0.2, 0.25) is 5.69 Å². The van der Waals surface area contributed by atoms with E-state index in [2.05, 4.69) is 4.98 Å². The van der Waals surface area contributed by atoms with E-state index in [1.165, 1.54) is 0 Å². The molecule has 2 rings (SSSR count). The van der Waals surface area contributed by atoms with Crippen LogP contribution in [0.4, 0.5) is 0 Å². The molecule has 4 nitrogen and oxygen atoms in total. The molecule has 0 aliphatic carbocycles. The number of hydrogen-bond acceptors (Lipinski definition) is 3. The second-order valence-corrected chi connectivity index (χ2v) is 3.30. The van der Waals surface area contributed by atoms with Crippen molar-refractivity contribution in [3.63, 3.8) is 0 Å². The van der Waals surface area contributed by atoms with Crippen LogP contribution in [0, 0.1) is 6.92 Å². The zero-order chi connectivity index (χ0) is 10.1. The van der Waals surface area contributed by atoms with Crippen LogP contribution in [0.5, 0.6) is 5.75 Å². The lowest BCUT2D eigenvalue weighted by Crippen LogP contribution is -3.00. The highest BCUT2D eigenvalue weighted by atomic mass is 35.5. The Kier molecular flexibility index (Phi) is 3.90. The Morgan fingerprint density at radius 1 is 1.67 bits per heavy atom. The predicted octanol–water partition coefficient (Wildman–Crippen LogP) is -1.92. The number of fused-ring (bicyclic) bond motifs is 1. The molecule has 0 saturated heterocycles. The fourth-order valence-corrected chi connectivity index (χ4v) is 1.61. The standard InChI is InChI=1S/C10H13NO3.ClH/c1-3-13-10-8-7(5-14-10)4-11-6(2)9(8)12;/h4,10,12H,3,5H2,1-2H3;1H. The van der Waals surface area contributed by atoms with Gasteiger partial charge >= 0.3 is 0 Å². The van der Waals surface area contributed by atoms with E-state index in [0.717, 1.165) is 16.8 Å². The molecule has 5 heteroatoms. The van der Waals surface area contributed by atoms with Crippen molar-refractivity contribution in [1.82, 2.24) is 0 Å². The summed E-state index contributed by atoms with van der Waals surface area (Å²) in [6, 6.07) is 0. The van der Waals surface area contributed by atoms with Gasteiger partial charge in [-0.05, 0) is 6.92 Å². The Labute approximate surface area is 94.6 Å². The first kappa shape index (κ1) is 12.2. The van der Waals surface area contributed by atoms with Gasteiger partial charge in [0, 0.05) is 13.5 Å². The predicted molar refractivity (Wildman–Crippen MR) is 48.6 cm³/mol. The topological polar surface area (TPSA) is 52.8 Å². The molecule has 1 aromatic rings. The minimum absolute atomic E-state index is 0. The number of aromatic amines is 1. The molecule has 84 valence electrons. The summed E-state index contributed by atoms with van der Waals surface area (Å²) in [5.41, 5.74) is 2.47. The van der Waals surface area contributed by atoms with Gasteiger partial charge in [0.15, 0.2) is 18.2 Å². The van der Waals surface area contributed by atoms with E-state index in [1.807, 2.05) is 20.0 Å². The number of aromatic hydroxyl groups is 1. The average molecular weight is 232 g/mol. The van der Waals surface area contributed by atoms with Crippen LogP contribution in [0.2, 0.25) is 0 Å². The van der Waals surface area contributed by atoms with Gasteiger partial charge < -0.3 is 27.0 Å². The number of ether oxygens (including phenoxy) is 2. The van der Waals surface area contributed by atoms with Crippen LogP contribution in [0.1, 0.15) is 30.0 Å². The summed E-state index contributed by atoms with van der Waals surface area (Å²) in [6.07, 6.45) is 1.44. The Morgan fingerprint density at radius 2 is 2.40 bits per heavy atom. The lowest BCUT2D eigenvalue weighted by atomic mass is 10.1. The first-order valence-electron chi connectivity index (χ1n) is 4.70. The smallest absolute Gasteiger partial charge is 0.219 e. The maximum atomic E-state index is 9.82. The van der Waals surface area contributed by atoms with E-state index in [0.29, 0.717) is 13.2 Å². The summed E-state index contributed by atoms with van der Waals surface area (Å²) in [6.45, 7) is 4.78. The van der Waals surface area contributed by atoms with E-state index in [4.69, 9.17) is 9.47 Å². The summed E-state index contributed by atoms with van der Waals surface area (Å²) in [7, 11) is 0. The van der Waals surface area contributed by atoms with Crippen molar-refractivity contribution in [2.45, 2.75) is 26.7 Å². The monoisotopic (exact) mass is 231 g/mol. The summed E-state index contributed by atoms with van der Waals surface area (Å²) < 4.78 is 10.8. The molecule has 1 atom stereocenters. The molecule has 1 aromatic heterocycles. The van der Waals surface area contributed by atoms with Gasteiger partial charge in [0.1, 0.15) is 0 Å². The van der Waals surface area contributed by atoms with Crippen LogP contribution in [0.25, 0.3) is 0 Å². The van der Waals surface area contributed by atoms with Crippen LogP contribution in [-0.2, 0) is 16.1 Å². The fraction of sp³-hybridized carbons (Fsp3) is 0.500. The lowest BCUT2D eigenvalue weighted by Gasteiger charge is -2.11. The van der Waals surface area contributed by atoms with Crippen molar-refractivity contribution >= 4 is 0 Å². The third-order valence-electron chi connectivity index (χ3n) is 2.36. The van der Waals surface area contributed by atoms with E-state index in [9.17, 15) is 5.11 Å². The normalized spacial score (nSPS) is 18.4. The molecule has 1 aliphatic heterocycles. The Morgan fingerprint density at radius 3 is 3.07 bits per heavy atom. The first-order valence-corrected chi connectivity index (χ1v) is 4.70. The number of aromatic nitrogens is 1. The van der Waals surface area contributed by atoms with Gasteiger partial charge in [-0.1, -0.05) is 0 Å². The van der Waals surface area contributed by atoms with Crippen molar-refractivity contribution in [2.24, 2.45) is 0 Å². The van der Waals surface area contributed by atoms with Crippen LogP contribution < -0.4 is 17.4 Å². The molecule has 0 radical (unpaired) electrons. The largest absolute Gasteiger partial charge is 1.00 e. The van der Waals surface area contributed by atoms with E-state index >= 15 is 0 Å². The van der Waals surface area contributed by atoms with Gasteiger partial charge in [-0.15, -0.1) is 0 Å². The summed E-state index contributed by atoms with van der Waals surface area (Å²) >= 11 is 0. The summed E-state index contributed by atoms with van der Waals surface area (Å²) in [4.78, 5) is 2.98. The molecule has 0 spiro atoms. The molecule has 0 bridgehead atoms. The summed E-state index contributed by atoms with van der Waals surface area (Å²) in [5, 5.41) is 9.82. The molecule has 0 aromatic carbocycles. The molecule has 2 heterocycles. The van der Waals surface area contributed by atoms with Gasteiger partial charge in [-0.3, -0.25) is 0 Å². The zero-order valence-electron chi connectivity index (χ0n) is 8.71. The molecule has 0 amide bonds. The van der Waals surface area contributed by atoms with Crippen molar-refractivity contribution in [2.75, 3.05) is 6.61 Å². The van der Waals surface area contributed by atoms with E-state index in [1.54, 1.807) is 0 Å². The SMILES string of the molecule is CCOC1OCc2c[nH+]c(C)c(O)c21.[Cl-]. The van der Waals surface area contributed by atoms with Gasteiger partial charge in [0.25, 0.3) is 0 Å². The molecule has 15 heavy (non-hydrogen) atoms. The minimum Gasteiger partial charge on any atom is -1.00 e. The maximum absolute atomic E-state index is 9.82. The number of rotatable bonds is 2. The Hall–Kier alpha value is -0.840. The molecule has 2 N–H and O–H groups in total. The zero-order valence-corrected chi connectivity index (χ0v) is 9.47. The van der Waals surface area contributed by atoms with Gasteiger partial charge in [-0.25, -0.2) is 4.98 Å². The number of hydrogen-bond donors (Lipinski definition) is 1. The molecule has 0 saturated carbocycles. The van der Waals surface area contributed by atoms with Crippen LogP contribution in [-0.4, -0.2) is 11.7 Å².